The summed E-state index contributed by atoms with van der Waals surface area (Å²) in [6.07, 6.45) is 2.23. The number of hydrogen-bond acceptors (Lipinski definition) is 7. The van der Waals surface area contributed by atoms with Gasteiger partial charge in [-0.25, -0.2) is 9.97 Å². The van der Waals surface area contributed by atoms with Gasteiger partial charge in [0.15, 0.2) is 12.9 Å². The summed E-state index contributed by atoms with van der Waals surface area (Å²) in [7, 11) is 0. The molecule has 0 radical (unpaired) electrons. The number of epoxide rings is 1. The maximum Gasteiger partial charge on any atom is 0.262 e. The third-order valence-electron chi connectivity index (χ3n) is 4.91. The number of aliphatic hydroxyl groups is 1. The summed E-state index contributed by atoms with van der Waals surface area (Å²) in [5.74, 6) is 0.493. The molecule has 8 nitrogen and oxygen atoms in total. The van der Waals surface area contributed by atoms with Crippen LogP contribution in [0.2, 0.25) is 0 Å². The summed E-state index contributed by atoms with van der Waals surface area (Å²) >= 11 is 0. The molecule has 150 valence electrons. The van der Waals surface area contributed by atoms with Crippen LogP contribution in [0.5, 0.6) is 5.75 Å². The Hall–Kier alpha value is -3.23. The zero-order chi connectivity index (χ0) is 20.5. The summed E-state index contributed by atoms with van der Waals surface area (Å²) < 4.78 is 10.6. The Morgan fingerprint density at radius 2 is 2.17 bits per heavy atom. The number of hydrogen-bond donors (Lipinski definition) is 3. The van der Waals surface area contributed by atoms with E-state index in [4.69, 9.17) is 9.47 Å². The summed E-state index contributed by atoms with van der Waals surface area (Å²) in [5, 5.41) is 15.7. The molecule has 2 aromatic rings. The van der Waals surface area contributed by atoms with Gasteiger partial charge in [0, 0.05) is 17.7 Å². The van der Waals surface area contributed by atoms with Crippen LogP contribution in [0.4, 0.5) is 5.69 Å². The van der Waals surface area contributed by atoms with Crippen molar-refractivity contribution in [2.75, 3.05) is 11.9 Å². The number of rotatable bonds is 6. The largest absolute Gasteiger partial charge is 0.482 e. The molecule has 3 N–H and O–H groups in total. The molecule has 4 rings (SSSR count). The van der Waals surface area contributed by atoms with Gasteiger partial charge in [0.1, 0.15) is 18.2 Å². The third-order valence-corrected chi connectivity index (χ3v) is 4.91. The van der Waals surface area contributed by atoms with Gasteiger partial charge in [0.2, 0.25) is 0 Å². The Labute approximate surface area is 168 Å². The standard InChI is InChI=1S/C21H22N4O4/c1-4-14(20-21(27)29-20)19-11(2)18(23-10-24-19)12(3)22-8-13-5-6-16-15(7-13)25-17(26)9-28-16/h4-7,10,20-22,27H,3,8-9H2,1-2H3,(H,25,26)/b14-4+. The quantitative estimate of drug-likeness (QED) is 0.643. The molecule has 2 unspecified atom stereocenters. The second-order valence-corrected chi connectivity index (χ2v) is 6.89. The topological polar surface area (TPSA) is 109 Å². The van der Waals surface area contributed by atoms with Crippen molar-refractivity contribution in [1.82, 2.24) is 15.3 Å². The molecule has 1 aromatic carbocycles. The Balaban J connectivity index is 1.49. The molecule has 0 saturated carbocycles. The molecule has 0 bridgehead atoms. The Bertz CT molecular complexity index is 1020. The number of carbonyl (C=O) groups excluding carboxylic acids is 1. The first-order chi connectivity index (χ1) is 14.0. The highest BCUT2D eigenvalue weighted by atomic mass is 16.7. The van der Waals surface area contributed by atoms with Gasteiger partial charge in [-0.1, -0.05) is 18.7 Å². The van der Waals surface area contributed by atoms with Crippen LogP contribution in [0.3, 0.4) is 0 Å². The van der Waals surface area contributed by atoms with E-state index in [1.807, 2.05) is 38.1 Å². The number of allylic oxidation sites excluding steroid dienone is 1. The molecule has 2 atom stereocenters. The van der Waals surface area contributed by atoms with E-state index in [0.29, 0.717) is 29.4 Å². The van der Waals surface area contributed by atoms with Gasteiger partial charge in [-0.2, -0.15) is 0 Å². The van der Waals surface area contributed by atoms with E-state index in [1.54, 1.807) is 0 Å². The fourth-order valence-corrected chi connectivity index (χ4v) is 3.35. The molecule has 1 aromatic heterocycles. The molecule has 0 aliphatic carbocycles. The van der Waals surface area contributed by atoms with Gasteiger partial charge in [-0.15, -0.1) is 0 Å². The maximum absolute atomic E-state index is 11.5. The molecule has 29 heavy (non-hydrogen) atoms. The molecule has 1 fully saturated rings. The van der Waals surface area contributed by atoms with Gasteiger partial charge in [0.05, 0.1) is 22.8 Å². The Morgan fingerprint density at radius 1 is 1.41 bits per heavy atom. The van der Waals surface area contributed by atoms with Crippen LogP contribution in [0.1, 0.15) is 29.4 Å². The molecular weight excluding hydrogens is 372 g/mol. The summed E-state index contributed by atoms with van der Waals surface area (Å²) in [6.45, 7) is 8.45. The van der Waals surface area contributed by atoms with Crippen molar-refractivity contribution >= 4 is 22.9 Å². The predicted molar refractivity (Wildman–Crippen MR) is 108 cm³/mol. The van der Waals surface area contributed by atoms with Crippen LogP contribution in [-0.2, 0) is 16.1 Å². The van der Waals surface area contributed by atoms with Crippen molar-refractivity contribution in [2.45, 2.75) is 32.8 Å². The van der Waals surface area contributed by atoms with Gasteiger partial charge in [0.25, 0.3) is 5.91 Å². The molecule has 2 aliphatic rings. The third kappa shape index (κ3) is 3.85. The van der Waals surface area contributed by atoms with Crippen molar-refractivity contribution in [1.29, 1.82) is 0 Å². The highest BCUT2D eigenvalue weighted by molar-refractivity contribution is 5.95. The number of nitrogens with one attached hydrogen (secondary N) is 2. The monoisotopic (exact) mass is 394 g/mol. The number of anilines is 1. The first-order valence-corrected chi connectivity index (χ1v) is 9.28. The Morgan fingerprint density at radius 3 is 2.90 bits per heavy atom. The molecule has 8 heteroatoms. The zero-order valence-corrected chi connectivity index (χ0v) is 16.2. The van der Waals surface area contributed by atoms with Gasteiger partial charge < -0.3 is 25.2 Å². The number of benzene rings is 1. The molecule has 3 heterocycles. The summed E-state index contributed by atoms with van der Waals surface area (Å²) in [6, 6.07) is 5.63. The van der Waals surface area contributed by atoms with Crippen LogP contribution in [0.25, 0.3) is 11.3 Å². The smallest absolute Gasteiger partial charge is 0.262 e. The lowest BCUT2D eigenvalue weighted by Crippen LogP contribution is -2.25. The minimum absolute atomic E-state index is 0.0356. The fraction of sp³-hybridized carbons (Fsp3) is 0.286. The van der Waals surface area contributed by atoms with Crippen molar-refractivity contribution in [3.63, 3.8) is 0 Å². The number of carbonyl (C=O) groups is 1. The summed E-state index contributed by atoms with van der Waals surface area (Å²) in [5.41, 5.74) is 5.38. The second-order valence-electron chi connectivity index (χ2n) is 6.89. The van der Waals surface area contributed by atoms with E-state index in [9.17, 15) is 9.90 Å². The average molecular weight is 394 g/mol. The van der Waals surface area contributed by atoms with E-state index < -0.39 is 6.29 Å². The van der Waals surface area contributed by atoms with Crippen LogP contribution in [0.15, 0.2) is 37.2 Å². The predicted octanol–water partition coefficient (Wildman–Crippen LogP) is 2.00. The van der Waals surface area contributed by atoms with Crippen LogP contribution < -0.4 is 15.4 Å². The summed E-state index contributed by atoms with van der Waals surface area (Å²) in [4.78, 5) is 20.2. The number of aromatic nitrogens is 2. The van der Waals surface area contributed by atoms with Crippen LogP contribution in [0, 0.1) is 6.92 Å². The maximum atomic E-state index is 11.5. The first-order valence-electron chi connectivity index (χ1n) is 9.28. The van der Waals surface area contributed by atoms with E-state index in [-0.39, 0.29) is 18.6 Å². The zero-order valence-electron chi connectivity index (χ0n) is 16.2. The Kier molecular flexibility index (Phi) is 5.04. The number of ether oxygens (including phenoxy) is 2. The molecule has 1 amide bonds. The second kappa shape index (κ2) is 7.65. The lowest BCUT2D eigenvalue weighted by molar-refractivity contribution is -0.118. The first kappa shape index (κ1) is 19.1. The van der Waals surface area contributed by atoms with E-state index in [0.717, 1.165) is 22.4 Å². The van der Waals surface area contributed by atoms with Gasteiger partial charge >= 0.3 is 0 Å². The lowest BCUT2D eigenvalue weighted by atomic mass is 10.0. The number of aliphatic hydroxyl groups excluding tert-OH is 1. The van der Waals surface area contributed by atoms with Crippen molar-refractivity contribution < 1.29 is 19.4 Å². The van der Waals surface area contributed by atoms with Crippen molar-refractivity contribution in [3.8, 4) is 5.75 Å². The number of fused-ring (bicyclic) bond motifs is 1. The molecular formula is C21H22N4O4. The SMILES string of the molecule is C=C(NCc1ccc2c(c1)NC(=O)CO2)c1ncnc(/C(=C\C)C2OC2O)c1C. The number of nitrogens with zero attached hydrogens (tertiary/aromatic N) is 2. The fourth-order valence-electron chi connectivity index (χ4n) is 3.35. The minimum atomic E-state index is -0.783. The van der Waals surface area contributed by atoms with E-state index in [2.05, 4.69) is 27.2 Å². The molecule has 2 aliphatic heterocycles. The van der Waals surface area contributed by atoms with Gasteiger partial charge in [-0.05, 0) is 31.5 Å². The van der Waals surface area contributed by atoms with Gasteiger partial charge in [-0.3, -0.25) is 4.79 Å². The normalized spacial score (nSPS) is 20.4. The van der Waals surface area contributed by atoms with Crippen molar-refractivity contribution in [2.24, 2.45) is 0 Å². The van der Waals surface area contributed by atoms with E-state index >= 15 is 0 Å². The molecule has 0 spiro atoms. The molecule has 1 saturated heterocycles. The highest BCUT2D eigenvalue weighted by Crippen LogP contribution is 2.35. The van der Waals surface area contributed by atoms with Crippen molar-refractivity contribution in [3.05, 3.63) is 59.7 Å². The van der Waals surface area contributed by atoms with Crippen LogP contribution >= 0.6 is 0 Å². The highest BCUT2D eigenvalue weighted by Gasteiger charge is 2.41. The number of amides is 1. The minimum Gasteiger partial charge on any atom is -0.482 e. The van der Waals surface area contributed by atoms with Crippen LogP contribution in [-0.4, -0.2) is 40.0 Å². The lowest BCUT2D eigenvalue weighted by Gasteiger charge is -2.19. The average Bonchev–Trinajstić information content (AvgIpc) is 3.43. The van der Waals surface area contributed by atoms with E-state index in [1.165, 1.54) is 6.33 Å².